The van der Waals surface area contributed by atoms with Crippen LogP contribution in [0, 0.1) is 17.7 Å². The standard InChI is InChI=1S/C15H21BrFN/c1-10(2)12(9-18-14-4-5-14)7-11-8-13(16)3-6-15(11)17/h3,6,8,10,12,14,18H,4-5,7,9H2,1-2H3. The topological polar surface area (TPSA) is 12.0 Å². The lowest BCUT2D eigenvalue weighted by Gasteiger charge is -2.22. The van der Waals surface area contributed by atoms with Gasteiger partial charge in [0, 0.05) is 10.5 Å². The van der Waals surface area contributed by atoms with Crippen LogP contribution in [0.4, 0.5) is 4.39 Å². The summed E-state index contributed by atoms with van der Waals surface area (Å²) in [6, 6.07) is 5.93. The summed E-state index contributed by atoms with van der Waals surface area (Å²) in [6.45, 7) is 5.43. The number of nitrogens with one attached hydrogen (secondary N) is 1. The lowest BCUT2D eigenvalue weighted by atomic mass is 9.89. The lowest BCUT2D eigenvalue weighted by molar-refractivity contribution is 0.355. The molecule has 0 aromatic heterocycles. The molecule has 1 aliphatic carbocycles. The van der Waals surface area contributed by atoms with E-state index in [-0.39, 0.29) is 5.82 Å². The first-order chi connectivity index (χ1) is 8.56. The van der Waals surface area contributed by atoms with Gasteiger partial charge in [-0.1, -0.05) is 29.8 Å². The van der Waals surface area contributed by atoms with E-state index >= 15 is 0 Å². The summed E-state index contributed by atoms with van der Waals surface area (Å²) < 4.78 is 14.7. The average Bonchev–Trinajstić information content (AvgIpc) is 3.12. The molecule has 0 bridgehead atoms. The Morgan fingerprint density at radius 1 is 1.39 bits per heavy atom. The van der Waals surface area contributed by atoms with Gasteiger partial charge in [-0.25, -0.2) is 4.39 Å². The van der Waals surface area contributed by atoms with Gasteiger partial charge in [-0.2, -0.15) is 0 Å². The Balaban J connectivity index is 1.99. The maximum Gasteiger partial charge on any atom is 0.126 e. The molecule has 1 N–H and O–H groups in total. The van der Waals surface area contributed by atoms with Gasteiger partial charge >= 0.3 is 0 Å². The molecule has 0 radical (unpaired) electrons. The third kappa shape index (κ3) is 4.06. The Bertz CT molecular complexity index is 401. The van der Waals surface area contributed by atoms with Gasteiger partial charge in [0.05, 0.1) is 0 Å². The van der Waals surface area contributed by atoms with Gasteiger partial charge in [0.1, 0.15) is 5.82 Å². The lowest BCUT2D eigenvalue weighted by Crippen LogP contribution is -2.29. The van der Waals surface area contributed by atoms with Crippen LogP contribution in [0.1, 0.15) is 32.3 Å². The Morgan fingerprint density at radius 2 is 2.11 bits per heavy atom. The predicted molar refractivity (Wildman–Crippen MR) is 77.2 cm³/mol. The molecule has 1 atom stereocenters. The van der Waals surface area contributed by atoms with Crippen LogP contribution >= 0.6 is 15.9 Å². The van der Waals surface area contributed by atoms with E-state index in [0.29, 0.717) is 11.8 Å². The zero-order valence-electron chi connectivity index (χ0n) is 11.0. The van der Waals surface area contributed by atoms with Crippen molar-refractivity contribution in [2.45, 2.75) is 39.2 Å². The maximum absolute atomic E-state index is 13.8. The molecule has 1 aromatic carbocycles. The summed E-state index contributed by atoms with van der Waals surface area (Å²) in [5.41, 5.74) is 0.820. The fourth-order valence-electron chi connectivity index (χ4n) is 2.13. The summed E-state index contributed by atoms with van der Waals surface area (Å²) in [7, 11) is 0. The number of rotatable bonds is 6. The molecule has 1 unspecified atom stereocenters. The van der Waals surface area contributed by atoms with Crippen molar-refractivity contribution in [2.24, 2.45) is 11.8 Å². The van der Waals surface area contributed by atoms with Crippen LogP contribution in [0.3, 0.4) is 0 Å². The normalized spacial score (nSPS) is 17.2. The van der Waals surface area contributed by atoms with Crippen LogP contribution in [0.5, 0.6) is 0 Å². The van der Waals surface area contributed by atoms with Crippen molar-refractivity contribution in [1.29, 1.82) is 0 Å². The minimum atomic E-state index is -0.0877. The van der Waals surface area contributed by atoms with Gasteiger partial charge in [-0.15, -0.1) is 0 Å². The molecule has 0 aliphatic heterocycles. The third-order valence-electron chi connectivity index (χ3n) is 3.68. The fraction of sp³-hybridized carbons (Fsp3) is 0.600. The van der Waals surface area contributed by atoms with E-state index in [4.69, 9.17) is 0 Å². The molecule has 18 heavy (non-hydrogen) atoms. The monoisotopic (exact) mass is 313 g/mol. The molecule has 1 aliphatic rings. The van der Waals surface area contributed by atoms with E-state index in [2.05, 4.69) is 35.1 Å². The number of halogens is 2. The molecular weight excluding hydrogens is 293 g/mol. The highest BCUT2D eigenvalue weighted by molar-refractivity contribution is 9.10. The largest absolute Gasteiger partial charge is 0.314 e. The summed E-state index contributed by atoms with van der Waals surface area (Å²) in [5, 5.41) is 3.56. The highest BCUT2D eigenvalue weighted by atomic mass is 79.9. The fourth-order valence-corrected chi connectivity index (χ4v) is 2.54. The second-order valence-corrected chi connectivity index (χ2v) is 6.54. The van der Waals surface area contributed by atoms with E-state index in [1.807, 2.05) is 6.07 Å². The SMILES string of the molecule is CC(C)C(CNC1CC1)Cc1cc(Br)ccc1F. The summed E-state index contributed by atoms with van der Waals surface area (Å²) in [4.78, 5) is 0. The van der Waals surface area contributed by atoms with Crippen molar-refractivity contribution in [1.82, 2.24) is 5.32 Å². The molecule has 1 aromatic rings. The van der Waals surface area contributed by atoms with Crippen molar-refractivity contribution < 1.29 is 4.39 Å². The Labute approximate surface area is 117 Å². The van der Waals surface area contributed by atoms with Crippen molar-refractivity contribution in [3.05, 3.63) is 34.1 Å². The summed E-state index contributed by atoms with van der Waals surface area (Å²) >= 11 is 3.41. The molecule has 0 heterocycles. The molecular formula is C15H21BrFN. The molecule has 1 saturated carbocycles. The zero-order chi connectivity index (χ0) is 13.1. The highest BCUT2D eigenvalue weighted by Gasteiger charge is 2.23. The van der Waals surface area contributed by atoms with Gasteiger partial charge in [-0.05, 0) is 61.4 Å². The molecule has 2 rings (SSSR count). The first kappa shape index (κ1) is 14.0. The van der Waals surface area contributed by atoms with E-state index in [1.165, 1.54) is 12.8 Å². The van der Waals surface area contributed by atoms with Gasteiger partial charge in [-0.3, -0.25) is 0 Å². The van der Waals surface area contributed by atoms with Gasteiger partial charge in [0.2, 0.25) is 0 Å². The zero-order valence-corrected chi connectivity index (χ0v) is 12.6. The van der Waals surface area contributed by atoms with Crippen LogP contribution in [-0.4, -0.2) is 12.6 Å². The highest BCUT2D eigenvalue weighted by Crippen LogP contribution is 2.24. The van der Waals surface area contributed by atoms with Crippen molar-refractivity contribution in [2.75, 3.05) is 6.54 Å². The van der Waals surface area contributed by atoms with Gasteiger partial charge in [0.25, 0.3) is 0 Å². The molecule has 3 heteroatoms. The molecule has 1 fully saturated rings. The second-order valence-electron chi connectivity index (χ2n) is 5.63. The smallest absolute Gasteiger partial charge is 0.126 e. The van der Waals surface area contributed by atoms with Crippen LogP contribution < -0.4 is 5.32 Å². The predicted octanol–water partition coefficient (Wildman–Crippen LogP) is 4.15. The van der Waals surface area contributed by atoms with E-state index in [1.54, 1.807) is 12.1 Å². The quantitative estimate of drug-likeness (QED) is 0.831. The van der Waals surface area contributed by atoms with Crippen LogP contribution in [0.15, 0.2) is 22.7 Å². The average molecular weight is 314 g/mol. The van der Waals surface area contributed by atoms with Gasteiger partial charge in [0.15, 0.2) is 0 Å². The van der Waals surface area contributed by atoms with E-state index < -0.39 is 0 Å². The summed E-state index contributed by atoms with van der Waals surface area (Å²) in [6.07, 6.45) is 3.41. The Hall–Kier alpha value is -0.410. The summed E-state index contributed by atoms with van der Waals surface area (Å²) in [5.74, 6) is 0.972. The number of benzene rings is 1. The second kappa shape index (κ2) is 6.16. The molecule has 0 amide bonds. The minimum Gasteiger partial charge on any atom is -0.314 e. The van der Waals surface area contributed by atoms with E-state index in [9.17, 15) is 4.39 Å². The van der Waals surface area contributed by atoms with Crippen molar-refractivity contribution in [3.8, 4) is 0 Å². The minimum absolute atomic E-state index is 0.0877. The Morgan fingerprint density at radius 3 is 2.72 bits per heavy atom. The van der Waals surface area contributed by atoms with Crippen LogP contribution in [0.25, 0.3) is 0 Å². The van der Waals surface area contributed by atoms with E-state index in [0.717, 1.165) is 29.0 Å². The van der Waals surface area contributed by atoms with Crippen LogP contribution in [-0.2, 0) is 6.42 Å². The Kier molecular flexibility index (Phi) is 4.79. The molecule has 100 valence electrons. The van der Waals surface area contributed by atoms with Crippen LogP contribution in [0.2, 0.25) is 0 Å². The molecule has 0 spiro atoms. The number of hydrogen-bond donors (Lipinski definition) is 1. The first-order valence-electron chi connectivity index (χ1n) is 6.73. The van der Waals surface area contributed by atoms with Gasteiger partial charge < -0.3 is 5.32 Å². The van der Waals surface area contributed by atoms with Crippen molar-refractivity contribution in [3.63, 3.8) is 0 Å². The first-order valence-corrected chi connectivity index (χ1v) is 7.53. The number of hydrogen-bond acceptors (Lipinski definition) is 1. The third-order valence-corrected chi connectivity index (χ3v) is 4.17. The maximum atomic E-state index is 13.8. The molecule has 0 saturated heterocycles. The molecule has 1 nitrogen and oxygen atoms in total. The van der Waals surface area contributed by atoms with Crippen molar-refractivity contribution >= 4 is 15.9 Å².